The number of likely N-dealkylation sites (N-methyl/N-ethyl adjacent to an activating group) is 1. The SMILES string of the molecule is CN1C(=O)N2CC[C@H](C(=O)O)[C@H]1C2. The van der Waals surface area contributed by atoms with Gasteiger partial charge < -0.3 is 14.9 Å². The molecule has 2 amide bonds. The topological polar surface area (TPSA) is 60.9 Å². The number of aliphatic carboxylic acids is 1. The Kier molecular flexibility index (Phi) is 1.68. The van der Waals surface area contributed by atoms with Crippen LogP contribution in [-0.2, 0) is 4.79 Å². The summed E-state index contributed by atoms with van der Waals surface area (Å²) in [4.78, 5) is 25.5. The van der Waals surface area contributed by atoms with Gasteiger partial charge in [0.15, 0.2) is 0 Å². The van der Waals surface area contributed by atoms with Gasteiger partial charge in [-0.25, -0.2) is 4.79 Å². The Morgan fingerprint density at radius 3 is 2.92 bits per heavy atom. The molecule has 0 unspecified atom stereocenters. The minimum atomic E-state index is -0.786. The van der Waals surface area contributed by atoms with Crippen molar-refractivity contribution in [3.8, 4) is 0 Å². The van der Waals surface area contributed by atoms with Crippen molar-refractivity contribution < 1.29 is 14.7 Å². The van der Waals surface area contributed by atoms with E-state index >= 15 is 0 Å². The molecular formula is C8H12N2O3. The Bertz CT molecular complexity index is 266. The van der Waals surface area contributed by atoms with Crippen LogP contribution in [-0.4, -0.2) is 53.1 Å². The predicted octanol–water partition coefficient (Wildman–Crippen LogP) is -0.173. The molecule has 2 fully saturated rings. The van der Waals surface area contributed by atoms with Gasteiger partial charge in [0.25, 0.3) is 0 Å². The van der Waals surface area contributed by atoms with Gasteiger partial charge in [0.1, 0.15) is 0 Å². The van der Waals surface area contributed by atoms with E-state index < -0.39 is 5.97 Å². The lowest BCUT2D eigenvalue weighted by Gasteiger charge is -2.27. The van der Waals surface area contributed by atoms with Crippen LogP contribution in [0.3, 0.4) is 0 Å². The maximum atomic E-state index is 11.4. The van der Waals surface area contributed by atoms with Crippen molar-refractivity contribution in [1.82, 2.24) is 9.80 Å². The summed E-state index contributed by atoms with van der Waals surface area (Å²) in [6.07, 6.45) is 0.579. The average molecular weight is 184 g/mol. The largest absolute Gasteiger partial charge is 0.481 e. The highest BCUT2D eigenvalue weighted by Crippen LogP contribution is 2.28. The van der Waals surface area contributed by atoms with E-state index in [-0.39, 0.29) is 18.0 Å². The monoisotopic (exact) mass is 184 g/mol. The number of carboxylic acid groups (broad SMARTS) is 1. The number of carbonyl (C=O) groups is 2. The number of hydrogen-bond acceptors (Lipinski definition) is 2. The standard InChI is InChI=1S/C8H12N2O3/c1-9-6-4-10(8(9)13)3-2-5(6)7(11)12/h5-6H,2-4H2,1H3,(H,11,12)/t5-,6+/m0/s1. The Morgan fingerprint density at radius 1 is 1.62 bits per heavy atom. The van der Waals surface area contributed by atoms with Crippen molar-refractivity contribution >= 4 is 12.0 Å². The van der Waals surface area contributed by atoms with Crippen molar-refractivity contribution in [3.63, 3.8) is 0 Å². The highest BCUT2D eigenvalue weighted by molar-refractivity contribution is 5.80. The molecule has 5 nitrogen and oxygen atoms in total. The van der Waals surface area contributed by atoms with E-state index in [4.69, 9.17) is 5.11 Å². The summed E-state index contributed by atoms with van der Waals surface area (Å²) >= 11 is 0. The molecule has 2 aliphatic heterocycles. The van der Waals surface area contributed by atoms with Crippen LogP contribution in [0, 0.1) is 5.92 Å². The van der Waals surface area contributed by atoms with Crippen molar-refractivity contribution in [2.75, 3.05) is 20.1 Å². The fraction of sp³-hybridized carbons (Fsp3) is 0.750. The Morgan fingerprint density at radius 2 is 2.31 bits per heavy atom. The second-order valence-electron chi connectivity index (χ2n) is 3.64. The molecule has 0 saturated carbocycles. The molecule has 2 heterocycles. The quantitative estimate of drug-likeness (QED) is 0.615. The average Bonchev–Trinajstić information content (AvgIpc) is 2.32. The number of urea groups is 1. The van der Waals surface area contributed by atoms with Gasteiger partial charge in [-0.05, 0) is 6.42 Å². The van der Waals surface area contributed by atoms with E-state index in [0.29, 0.717) is 19.5 Å². The molecular weight excluding hydrogens is 172 g/mol. The Balaban J connectivity index is 2.22. The molecule has 13 heavy (non-hydrogen) atoms. The Hall–Kier alpha value is -1.26. The summed E-state index contributed by atoms with van der Waals surface area (Å²) in [5, 5.41) is 8.91. The van der Waals surface area contributed by atoms with Gasteiger partial charge in [-0.3, -0.25) is 4.79 Å². The number of carbonyl (C=O) groups excluding carboxylic acids is 1. The molecule has 0 radical (unpaired) electrons. The van der Waals surface area contributed by atoms with Crippen LogP contribution >= 0.6 is 0 Å². The maximum absolute atomic E-state index is 11.4. The van der Waals surface area contributed by atoms with Crippen LogP contribution in [0.4, 0.5) is 4.79 Å². The minimum Gasteiger partial charge on any atom is -0.481 e. The van der Waals surface area contributed by atoms with Crippen molar-refractivity contribution in [2.24, 2.45) is 5.92 Å². The van der Waals surface area contributed by atoms with Crippen LogP contribution in [0.2, 0.25) is 0 Å². The van der Waals surface area contributed by atoms with Gasteiger partial charge in [0, 0.05) is 20.1 Å². The van der Waals surface area contributed by atoms with Crippen molar-refractivity contribution in [2.45, 2.75) is 12.5 Å². The first-order valence-corrected chi connectivity index (χ1v) is 4.36. The number of carboxylic acids is 1. The highest BCUT2D eigenvalue weighted by atomic mass is 16.4. The first-order valence-electron chi connectivity index (χ1n) is 4.36. The summed E-state index contributed by atoms with van der Waals surface area (Å²) in [5.41, 5.74) is 0. The van der Waals surface area contributed by atoms with Crippen LogP contribution in [0.5, 0.6) is 0 Å². The minimum absolute atomic E-state index is 0.0336. The van der Waals surface area contributed by atoms with Gasteiger partial charge in [-0.2, -0.15) is 0 Å². The number of piperidine rings is 1. The van der Waals surface area contributed by atoms with E-state index in [1.54, 1.807) is 16.8 Å². The zero-order valence-electron chi connectivity index (χ0n) is 7.43. The number of nitrogens with zero attached hydrogens (tertiary/aromatic N) is 2. The second-order valence-corrected chi connectivity index (χ2v) is 3.64. The van der Waals surface area contributed by atoms with Crippen molar-refractivity contribution in [3.05, 3.63) is 0 Å². The number of amides is 2. The van der Waals surface area contributed by atoms with Crippen LogP contribution in [0.1, 0.15) is 6.42 Å². The van der Waals surface area contributed by atoms with Gasteiger partial charge >= 0.3 is 12.0 Å². The number of hydrogen-bond donors (Lipinski definition) is 1. The molecule has 2 bridgehead atoms. The zero-order chi connectivity index (χ0) is 9.59. The van der Waals surface area contributed by atoms with E-state index in [2.05, 4.69) is 0 Å². The fourth-order valence-corrected chi connectivity index (χ4v) is 2.15. The third-order valence-corrected chi connectivity index (χ3v) is 2.97. The molecule has 1 N–H and O–H groups in total. The molecule has 2 saturated heterocycles. The lowest BCUT2D eigenvalue weighted by atomic mass is 9.93. The summed E-state index contributed by atoms with van der Waals surface area (Å²) in [6.45, 7) is 1.16. The van der Waals surface area contributed by atoms with Crippen LogP contribution < -0.4 is 0 Å². The normalized spacial score (nSPS) is 32.5. The van der Waals surface area contributed by atoms with Gasteiger partial charge in [-0.15, -0.1) is 0 Å². The maximum Gasteiger partial charge on any atom is 0.320 e. The van der Waals surface area contributed by atoms with E-state index in [0.717, 1.165) is 0 Å². The molecule has 5 heteroatoms. The predicted molar refractivity (Wildman–Crippen MR) is 44.3 cm³/mol. The first-order chi connectivity index (χ1) is 6.11. The van der Waals surface area contributed by atoms with Crippen LogP contribution in [0.15, 0.2) is 0 Å². The molecule has 2 aliphatic rings. The summed E-state index contributed by atoms with van der Waals surface area (Å²) in [7, 11) is 1.67. The molecule has 2 rings (SSSR count). The van der Waals surface area contributed by atoms with E-state index in [9.17, 15) is 9.59 Å². The molecule has 0 aromatic heterocycles. The summed E-state index contributed by atoms with van der Waals surface area (Å²) in [6, 6.07) is -0.160. The van der Waals surface area contributed by atoms with E-state index in [1.165, 1.54) is 0 Å². The lowest BCUT2D eigenvalue weighted by Crippen LogP contribution is -2.42. The highest BCUT2D eigenvalue weighted by Gasteiger charge is 2.45. The summed E-state index contributed by atoms with van der Waals surface area (Å²) < 4.78 is 0. The fourth-order valence-electron chi connectivity index (χ4n) is 2.15. The van der Waals surface area contributed by atoms with Gasteiger partial charge in [-0.1, -0.05) is 0 Å². The van der Waals surface area contributed by atoms with Gasteiger partial charge in [0.2, 0.25) is 0 Å². The van der Waals surface area contributed by atoms with Gasteiger partial charge in [0.05, 0.1) is 12.0 Å². The smallest absolute Gasteiger partial charge is 0.320 e. The molecule has 0 spiro atoms. The van der Waals surface area contributed by atoms with Crippen LogP contribution in [0.25, 0.3) is 0 Å². The molecule has 72 valence electrons. The van der Waals surface area contributed by atoms with Crippen molar-refractivity contribution in [1.29, 1.82) is 0 Å². The number of rotatable bonds is 1. The third kappa shape index (κ3) is 1.07. The molecule has 0 aromatic rings. The third-order valence-electron chi connectivity index (χ3n) is 2.97. The number of fused-ring (bicyclic) bond motifs is 2. The first kappa shape index (κ1) is 8.34. The molecule has 2 atom stereocenters. The summed E-state index contributed by atoms with van der Waals surface area (Å²) in [5.74, 6) is -1.17. The molecule has 0 aromatic carbocycles. The second kappa shape index (κ2) is 2.61. The zero-order valence-corrected chi connectivity index (χ0v) is 7.43. The lowest BCUT2D eigenvalue weighted by molar-refractivity contribution is -0.144. The molecule has 0 aliphatic carbocycles. The van der Waals surface area contributed by atoms with E-state index in [1.807, 2.05) is 0 Å². The Labute approximate surface area is 75.9 Å².